The Morgan fingerprint density at radius 1 is 0.878 bits per heavy atom. The largest absolute Gasteiger partial charge is 0.505 e. The van der Waals surface area contributed by atoms with Crippen molar-refractivity contribution in [3.05, 3.63) is 66.2 Å². The maximum absolute atomic E-state index is 12.1. The minimum Gasteiger partial charge on any atom is -0.505 e. The number of benzene rings is 4. The number of hydrogen-bond acceptors (Lipinski definition) is 11. The van der Waals surface area contributed by atoms with Crippen molar-refractivity contribution in [3.63, 3.8) is 0 Å². The number of aromatic hydroxyl groups is 1. The molecule has 5 N–H and O–H groups in total. The molecule has 4 aromatic rings. The third kappa shape index (κ3) is 6.57. The van der Waals surface area contributed by atoms with E-state index in [1.54, 1.807) is 19.9 Å². The first-order valence-corrected chi connectivity index (χ1v) is 13.6. The van der Waals surface area contributed by atoms with Crippen LogP contribution in [0.2, 0.25) is 0 Å². The van der Waals surface area contributed by atoms with E-state index in [2.05, 4.69) is 20.5 Å². The first kappa shape index (κ1) is 28.9. The molecule has 0 aliphatic carbocycles. The first-order valence-electron chi connectivity index (χ1n) is 12.1. The monoisotopic (exact) mass is 579 g/mol. The van der Waals surface area contributed by atoms with E-state index in [-0.39, 0.29) is 47.0 Å². The summed E-state index contributed by atoms with van der Waals surface area (Å²) in [5.41, 5.74) is 6.29. The van der Waals surface area contributed by atoms with E-state index in [0.717, 1.165) is 6.07 Å². The van der Waals surface area contributed by atoms with Crippen molar-refractivity contribution in [2.24, 2.45) is 20.5 Å². The lowest BCUT2D eigenvalue weighted by atomic mass is 10.1. The topological polar surface area (TPSA) is 206 Å². The molecule has 0 fully saturated rings. The summed E-state index contributed by atoms with van der Waals surface area (Å²) in [7, 11) is -4.81. The van der Waals surface area contributed by atoms with Crippen LogP contribution in [-0.4, -0.2) is 42.4 Å². The highest BCUT2D eigenvalue weighted by Gasteiger charge is 2.22. The van der Waals surface area contributed by atoms with Gasteiger partial charge in [0.05, 0.1) is 24.5 Å². The molecule has 0 saturated heterocycles. The number of anilines is 1. The molecule has 212 valence electrons. The molecule has 0 bridgehead atoms. The summed E-state index contributed by atoms with van der Waals surface area (Å²) in [6, 6.07) is 14.4. The predicted octanol–water partition coefficient (Wildman–Crippen LogP) is 6.70. The Hall–Kier alpha value is -5.08. The van der Waals surface area contributed by atoms with Crippen molar-refractivity contribution < 1.29 is 37.5 Å². The van der Waals surface area contributed by atoms with Crippen LogP contribution in [-0.2, 0) is 10.1 Å². The van der Waals surface area contributed by atoms with Crippen molar-refractivity contribution in [3.8, 4) is 17.2 Å². The average Bonchev–Trinajstić information content (AvgIpc) is 2.92. The van der Waals surface area contributed by atoms with E-state index in [1.165, 1.54) is 48.5 Å². The van der Waals surface area contributed by atoms with Crippen molar-refractivity contribution in [1.29, 1.82) is 0 Å². The van der Waals surface area contributed by atoms with Crippen LogP contribution in [0.25, 0.3) is 10.8 Å². The first-order chi connectivity index (χ1) is 19.5. The number of hydrogen-bond donors (Lipinski definition) is 4. The number of nitrogens with two attached hydrogens (primary N) is 1. The van der Waals surface area contributed by atoms with Gasteiger partial charge in [0.1, 0.15) is 33.5 Å². The molecule has 4 aromatic carbocycles. The van der Waals surface area contributed by atoms with Gasteiger partial charge < -0.3 is 25.4 Å². The number of fused-ring (bicyclic) bond motifs is 1. The number of carboxylic acid groups (broad SMARTS) is 1. The second kappa shape index (κ2) is 12.0. The zero-order valence-corrected chi connectivity index (χ0v) is 22.7. The fourth-order valence-corrected chi connectivity index (χ4v) is 4.46. The lowest BCUT2D eigenvalue weighted by molar-refractivity contribution is 0.0697. The van der Waals surface area contributed by atoms with Gasteiger partial charge >= 0.3 is 5.97 Å². The molecule has 4 rings (SSSR count). The van der Waals surface area contributed by atoms with Gasteiger partial charge in [0, 0.05) is 23.2 Å². The molecular weight excluding hydrogens is 554 g/mol. The Morgan fingerprint density at radius 3 is 2.10 bits per heavy atom. The Kier molecular flexibility index (Phi) is 8.45. The molecule has 0 radical (unpaired) electrons. The SMILES string of the molecule is CCOc1cc(N=Nc2c(S(=O)(=O)O)cc3ccc(N)cc3c2O)c(OCC)cc1N=Nc1cccc(C(=O)O)c1. The van der Waals surface area contributed by atoms with Crippen LogP contribution < -0.4 is 15.2 Å². The number of nitrogens with zero attached hydrogens (tertiary/aromatic N) is 4. The number of nitrogen functional groups attached to an aromatic ring is 1. The number of carbonyl (C=O) groups is 1. The molecule has 0 aliphatic heterocycles. The number of carboxylic acids is 1. The standard InChI is InChI=1S/C27H25N5O8S/c1-3-39-22-14-21(23(40-4-2)13-20(22)30-29-18-7-5-6-16(10-18)27(34)35)31-32-25-24(41(36,37)38)11-15-8-9-17(28)12-19(15)26(25)33/h5-14,33H,3-4,28H2,1-2H3,(H,34,35)(H,36,37,38). The molecule has 41 heavy (non-hydrogen) atoms. The van der Waals surface area contributed by atoms with Gasteiger partial charge in [-0.3, -0.25) is 4.55 Å². The van der Waals surface area contributed by atoms with Crippen molar-refractivity contribution in [2.45, 2.75) is 18.7 Å². The lowest BCUT2D eigenvalue weighted by Crippen LogP contribution is -1.99. The number of ether oxygens (including phenoxy) is 2. The fourth-order valence-electron chi connectivity index (χ4n) is 3.81. The zero-order chi connectivity index (χ0) is 29.7. The number of phenolic OH excluding ortho intramolecular Hbond substituents is 1. The highest BCUT2D eigenvalue weighted by atomic mass is 32.2. The van der Waals surface area contributed by atoms with Crippen molar-refractivity contribution >= 4 is 55.3 Å². The zero-order valence-electron chi connectivity index (χ0n) is 21.8. The summed E-state index contributed by atoms with van der Waals surface area (Å²) >= 11 is 0. The van der Waals surface area contributed by atoms with Gasteiger partial charge in [-0.15, -0.1) is 15.3 Å². The van der Waals surface area contributed by atoms with E-state index in [9.17, 15) is 28.0 Å². The third-order valence-corrected chi connectivity index (χ3v) is 6.49. The van der Waals surface area contributed by atoms with Gasteiger partial charge in [0.2, 0.25) is 0 Å². The molecule has 0 aliphatic rings. The van der Waals surface area contributed by atoms with Gasteiger partial charge in [0.25, 0.3) is 10.1 Å². The fraction of sp³-hybridized carbons (Fsp3) is 0.148. The molecule has 0 spiro atoms. The number of azo groups is 2. The van der Waals surface area contributed by atoms with E-state index in [4.69, 9.17) is 15.2 Å². The van der Waals surface area contributed by atoms with Gasteiger partial charge in [-0.25, -0.2) is 4.79 Å². The molecule has 0 unspecified atom stereocenters. The summed E-state index contributed by atoms with van der Waals surface area (Å²) < 4.78 is 45.5. The van der Waals surface area contributed by atoms with E-state index in [0.29, 0.717) is 16.8 Å². The van der Waals surface area contributed by atoms with Crippen LogP contribution in [0.5, 0.6) is 17.2 Å². The summed E-state index contributed by atoms with van der Waals surface area (Å²) in [4.78, 5) is 10.6. The van der Waals surface area contributed by atoms with Crippen LogP contribution in [0.4, 0.5) is 28.4 Å². The molecule has 14 heteroatoms. The van der Waals surface area contributed by atoms with Crippen LogP contribution in [0.1, 0.15) is 24.2 Å². The minimum absolute atomic E-state index is 0.0427. The minimum atomic E-state index is -4.81. The summed E-state index contributed by atoms with van der Waals surface area (Å²) in [6.45, 7) is 3.92. The average molecular weight is 580 g/mol. The molecule has 0 amide bonds. The second-order valence-electron chi connectivity index (χ2n) is 8.44. The lowest BCUT2D eigenvalue weighted by Gasteiger charge is -2.12. The van der Waals surface area contributed by atoms with Crippen LogP contribution in [0, 0.1) is 0 Å². The van der Waals surface area contributed by atoms with Crippen LogP contribution in [0.3, 0.4) is 0 Å². The highest BCUT2D eigenvalue weighted by molar-refractivity contribution is 7.86. The normalized spacial score (nSPS) is 11.9. The maximum atomic E-state index is 12.1. The number of rotatable bonds is 10. The molecule has 0 atom stereocenters. The van der Waals surface area contributed by atoms with Crippen LogP contribution in [0.15, 0.2) is 86.0 Å². The van der Waals surface area contributed by atoms with E-state index >= 15 is 0 Å². The van der Waals surface area contributed by atoms with Gasteiger partial charge in [-0.1, -0.05) is 12.1 Å². The maximum Gasteiger partial charge on any atom is 0.335 e. The van der Waals surface area contributed by atoms with Crippen LogP contribution >= 0.6 is 0 Å². The Balaban J connectivity index is 1.83. The molecule has 0 saturated carbocycles. The van der Waals surface area contributed by atoms with Gasteiger partial charge in [-0.05, 0) is 55.6 Å². The Bertz CT molecular complexity index is 1810. The third-order valence-electron chi connectivity index (χ3n) is 5.62. The Morgan fingerprint density at radius 2 is 1.51 bits per heavy atom. The van der Waals surface area contributed by atoms with Crippen molar-refractivity contribution in [1.82, 2.24) is 0 Å². The molecule has 13 nitrogen and oxygen atoms in total. The van der Waals surface area contributed by atoms with Gasteiger partial charge in [-0.2, -0.15) is 13.5 Å². The molecule has 0 aromatic heterocycles. The molecule has 0 heterocycles. The predicted molar refractivity (Wildman–Crippen MR) is 150 cm³/mol. The summed E-state index contributed by atoms with van der Waals surface area (Å²) in [6.07, 6.45) is 0. The van der Waals surface area contributed by atoms with Crippen molar-refractivity contribution in [2.75, 3.05) is 18.9 Å². The smallest absolute Gasteiger partial charge is 0.335 e. The summed E-state index contributed by atoms with van der Waals surface area (Å²) in [5, 5.41) is 37.0. The quantitative estimate of drug-likeness (QED) is 0.0894. The second-order valence-corrected chi connectivity index (χ2v) is 9.83. The van der Waals surface area contributed by atoms with E-state index in [1.807, 2.05) is 0 Å². The molecular formula is C27H25N5O8S. The van der Waals surface area contributed by atoms with Gasteiger partial charge in [0.15, 0.2) is 5.75 Å². The highest BCUT2D eigenvalue weighted by Crippen LogP contribution is 2.45. The Labute approximate surface area is 234 Å². The van der Waals surface area contributed by atoms with E-state index < -0.39 is 32.4 Å². The number of phenols is 1. The summed E-state index contributed by atoms with van der Waals surface area (Å²) in [5.74, 6) is -1.27. The number of aromatic carboxylic acids is 1.